The molecule has 3 nitrogen and oxygen atoms in total. The van der Waals surface area contributed by atoms with E-state index in [1.54, 1.807) is 6.07 Å². The Hall–Kier alpha value is -1.68. The smallest absolute Gasteiger partial charge is 0.123 e. The van der Waals surface area contributed by atoms with Gasteiger partial charge in [0.1, 0.15) is 18.5 Å². The molecular formula is C20H21Cl2NO2. The summed E-state index contributed by atoms with van der Waals surface area (Å²) in [5, 5.41) is 1.23. The van der Waals surface area contributed by atoms with Gasteiger partial charge in [0, 0.05) is 27.7 Å². The predicted molar refractivity (Wildman–Crippen MR) is 102 cm³/mol. The van der Waals surface area contributed by atoms with E-state index in [1.165, 1.54) is 0 Å². The van der Waals surface area contributed by atoms with Crippen molar-refractivity contribution in [2.45, 2.75) is 38.9 Å². The number of rotatable bonds is 7. The van der Waals surface area contributed by atoms with Crippen molar-refractivity contribution in [1.82, 2.24) is 5.48 Å². The molecule has 0 aromatic heterocycles. The van der Waals surface area contributed by atoms with E-state index >= 15 is 0 Å². The van der Waals surface area contributed by atoms with Gasteiger partial charge in [0.2, 0.25) is 0 Å². The Morgan fingerprint density at radius 3 is 2.76 bits per heavy atom. The lowest BCUT2D eigenvalue weighted by molar-refractivity contribution is 0.0413. The number of benzene rings is 2. The Labute approximate surface area is 158 Å². The monoisotopic (exact) mass is 377 g/mol. The Morgan fingerprint density at radius 1 is 1.12 bits per heavy atom. The van der Waals surface area contributed by atoms with Crippen LogP contribution in [0.5, 0.6) is 5.75 Å². The molecule has 1 aliphatic rings. The number of allylic oxidation sites excluding steroid dienone is 1. The van der Waals surface area contributed by atoms with Crippen molar-refractivity contribution in [3.63, 3.8) is 0 Å². The molecule has 0 saturated carbocycles. The van der Waals surface area contributed by atoms with E-state index in [-0.39, 0.29) is 6.10 Å². The molecule has 0 saturated heterocycles. The third kappa shape index (κ3) is 4.91. The number of nitrogens with one attached hydrogen (secondary N) is 1. The highest BCUT2D eigenvalue weighted by Gasteiger charge is 2.18. The van der Waals surface area contributed by atoms with Crippen LogP contribution in [0.2, 0.25) is 10.0 Å². The summed E-state index contributed by atoms with van der Waals surface area (Å²) in [5.41, 5.74) is 6.17. The van der Waals surface area contributed by atoms with Crippen LogP contribution in [0, 0.1) is 0 Å². The highest BCUT2D eigenvalue weighted by atomic mass is 35.5. The third-order valence-corrected chi connectivity index (χ3v) is 4.63. The minimum atomic E-state index is 0.0189. The standard InChI is InChI=1S/C20H21Cl2NO2/c1-2-5-17-12-18(25-23-17)10-14-6-3-4-7-20(14)24-13-15-8-9-16(21)11-19(15)22/h3-4,6-9,11-12,18,23H,2,5,10,13H2,1H3/t18-/m0/s1. The zero-order valence-electron chi connectivity index (χ0n) is 14.1. The summed E-state index contributed by atoms with van der Waals surface area (Å²) in [7, 11) is 0. The van der Waals surface area contributed by atoms with E-state index in [0.717, 1.165) is 41.8 Å². The molecule has 0 fully saturated rings. The fraction of sp³-hybridized carbons (Fsp3) is 0.300. The van der Waals surface area contributed by atoms with Crippen LogP contribution in [0.4, 0.5) is 0 Å². The van der Waals surface area contributed by atoms with E-state index in [2.05, 4.69) is 24.5 Å². The summed E-state index contributed by atoms with van der Waals surface area (Å²) in [6.45, 7) is 2.55. The van der Waals surface area contributed by atoms with Crippen LogP contribution in [0.1, 0.15) is 30.9 Å². The first kappa shape index (κ1) is 18.1. The van der Waals surface area contributed by atoms with Crippen LogP contribution in [0.15, 0.2) is 54.2 Å². The molecule has 1 heterocycles. The molecule has 2 aromatic rings. The highest BCUT2D eigenvalue weighted by molar-refractivity contribution is 6.35. The summed E-state index contributed by atoms with van der Waals surface area (Å²) < 4.78 is 6.00. The molecule has 0 unspecified atom stereocenters. The lowest BCUT2D eigenvalue weighted by Crippen LogP contribution is -2.15. The second-order valence-electron chi connectivity index (χ2n) is 6.04. The fourth-order valence-corrected chi connectivity index (χ4v) is 3.24. The molecule has 0 spiro atoms. The van der Waals surface area contributed by atoms with Crippen LogP contribution in [0.3, 0.4) is 0 Å². The first-order valence-electron chi connectivity index (χ1n) is 8.42. The van der Waals surface area contributed by atoms with Gasteiger partial charge in [-0.25, -0.2) is 0 Å². The van der Waals surface area contributed by atoms with Crippen LogP contribution in [-0.2, 0) is 17.9 Å². The van der Waals surface area contributed by atoms with Gasteiger partial charge < -0.3 is 4.74 Å². The van der Waals surface area contributed by atoms with Crippen LogP contribution < -0.4 is 10.2 Å². The van der Waals surface area contributed by atoms with Gasteiger partial charge in [-0.05, 0) is 36.3 Å². The molecule has 0 aliphatic carbocycles. The third-order valence-electron chi connectivity index (χ3n) is 4.04. The van der Waals surface area contributed by atoms with Crippen molar-refractivity contribution in [3.05, 3.63) is 75.4 Å². The minimum absolute atomic E-state index is 0.0189. The summed E-state index contributed by atoms with van der Waals surface area (Å²) >= 11 is 12.2. The lowest BCUT2D eigenvalue weighted by atomic mass is 10.1. The van der Waals surface area contributed by atoms with E-state index < -0.39 is 0 Å². The molecule has 0 radical (unpaired) electrons. The molecule has 1 atom stereocenters. The van der Waals surface area contributed by atoms with Gasteiger partial charge in [0.15, 0.2) is 0 Å². The van der Waals surface area contributed by atoms with Crippen LogP contribution in [-0.4, -0.2) is 6.10 Å². The summed E-state index contributed by atoms with van der Waals surface area (Å²) in [6, 6.07) is 13.4. The largest absolute Gasteiger partial charge is 0.489 e. The zero-order valence-corrected chi connectivity index (χ0v) is 15.6. The maximum Gasteiger partial charge on any atom is 0.123 e. The number of halogens is 2. The van der Waals surface area contributed by atoms with Crippen molar-refractivity contribution >= 4 is 23.2 Å². The SMILES string of the molecule is CCCC1=C[C@H](Cc2ccccc2OCc2ccc(Cl)cc2Cl)ON1. The molecule has 1 aliphatic heterocycles. The first-order chi connectivity index (χ1) is 12.2. The molecular weight excluding hydrogens is 357 g/mol. The number of ether oxygens (including phenoxy) is 1. The number of hydroxylamine groups is 1. The van der Waals surface area contributed by atoms with Crippen molar-refractivity contribution < 1.29 is 9.57 Å². The fourth-order valence-electron chi connectivity index (χ4n) is 2.77. The number of para-hydroxylation sites is 1. The summed E-state index contributed by atoms with van der Waals surface area (Å²) in [5.74, 6) is 0.842. The first-order valence-corrected chi connectivity index (χ1v) is 9.18. The normalized spacial score (nSPS) is 16.4. The molecule has 2 aromatic carbocycles. The number of hydrogen-bond donors (Lipinski definition) is 1. The van der Waals surface area contributed by atoms with Gasteiger partial charge >= 0.3 is 0 Å². The molecule has 132 valence electrons. The van der Waals surface area contributed by atoms with Gasteiger partial charge in [-0.1, -0.05) is 60.8 Å². The molecule has 25 heavy (non-hydrogen) atoms. The molecule has 1 N–H and O–H groups in total. The second-order valence-corrected chi connectivity index (χ2v) is 6.88. The van der Waals surface area contributed by atoms with Crippen molar-refractivity contribution in [3.8, 4) is 5.75 Å². The van der Waals surface area contributed by atoms with Gasteiger partial charge in [0.05, 0.1) is 0 Å². The van der Waals surface area contributed by atoms with Gasteiger partial charge in [-0.2, -0.15) is 0 Å². The molecule has 3 rings (SSSR count). The Morgan fingerprint density at radius 2 is 1.96 bits per heavy atom. The topological polar surface area (TPSA) is 30.5 Å². The average Bonchev–Trinajstić information content (AvgIpc) is 3.03. The maximum atomic E-state index is 6.22. The Kier molecular flexibility index (Phi) is 6.24. The van der Waals surface area contributed by atoms with Gasteiger partial charge in [0.25, 0.3) is 0 Å². The van der Waals surface area contributed by atoms with E-state index in [0.29, 0.717) is 16.7 Å². The molecule has 5 heteroatoms. The lowest BCUT2D eigenvalue weighted by Gasteiger charge is -2.14. The van der Waals surface area contributed by atoms with E-state index in [9.17, 15) is 0 Å². The van der Waals surface area contributed by atoms with E-state index in [4.69, 9.17) is 32.8 Å². The number of hydrogen-bond acceptors (Lipinski definition) is 3. The Balaban J connectivity index is 1.67. The van der Waals surface area contributed by atoms with Crippen molar-refractivity contribution in [1.29, 1.82) is 0 Å². The minimum Gasteiger partial charge on any atom is -0.489 e. The molecule has 0 amide bonds. The summed E-state index contributed by atoms with van der Waals surface area (Å²) in [4.78, 5) is 5.64. The van der Waals surface area contributed by atoms with Crippen LogP contribution in [0.25, 0.3) is 0 Å². The second kappa shape index (κ2) is 8.61. The predicted octanol–water partition coefficient (Wildman–Crippen LogP) is 5.70. The van der Waals surface area contributed by atoms with Gasteiger partial charge in [-0.15, -0.1) is 0 Å². The average molecular weight is 378 g/mol. The van der Waals surface area contributed by atoms with E-state index in [1.807, 2.05) is 30.3 Å². The summed E-state index contributed by atoms with van der Waals surface area (Å²) in [6.07, 6.45) is 5.02. The quantitative estimate of drug-likeness (QED) is 0.670. The van der Waals surface area contributed by atoms with Crippen molar-refractivity contribution in [2.24, 2.45) is 0 Å². The maximum absolute atomic E-state index is 6.22. The highest BCUT2D eigenvalue weighted by Crippen LogP contribution is 2.26. The Bertz CT molecular complexity index is 761. The van der Waals surface area contributed by atoms with Crippen LogP contribution >= 0.6 is 23.2 Å². The zero-order chi connectivity index (χ0) is 17.6. The van der Waals surface area contributed by atoms with Gasteiger partial charge in [-0.3, -0.25) is 10.3 Å². The molecule has 0 bridgehead atoms. The van der Waals surface area contributed by atoms with Crippen molar-refractivity contribution in [2.75, 3.05) is 0 Å².